The lowest BCUT2D eigenvalue weighted by Crippen LogP contribution is -2.27. The van der Waals surface area contributed by atoms with E-state index in [1.165, 1.54) is 17.3 Å². The van der Waals surface area contributed by atoms with Crippen LogP contribution in [0.25, 0.3) is 11.5 Å². The quantitative estimate of drug-likeness (QED) is 0.459. The molecule has 0 atom stereocenters. The first-order chi connectivity index (χ1) is 14.6. The number of carbonyl (C=O) groups is 1. The monoisotopic (exact) mass is 444 g/mol. The lowest BCUT2D eigenvalue weighted by atomic mass is 10.1. The Balaban J connectivity index is 1.51. The Morgan fingerprint density at radius 2 is 1.77 bits per heavy atom. The van der Waals surface area contributed by atoms with Crippen LogP contribution in [0.4, 0.5) is 0 Å². The molecule has 8 heteroatoms. The van der Waals surface area contributed by atoms with Crippen molar-refractivity contribution >= 4 is 29.3 Å². The summed E-state index contributed by atoms with van der Waals surface area (Å²) < 4.78 is 5.62. The molecule has 0 aliphatic heterocycles. The van der Waals surface area contributed by atoms with Gasteiger partial charge in [-0.2, -0.15) is 0 Å². The van der Waals surface area contributed by atoms with E-state index in [2.05, 4.69) is 46.4 Å². The normalized spacial score (nSPS) is 11.1. The standard InChI is InChI=1S/C22H25ClN4O2S/c1-3-27(4-2)14-18-8-6-5-7-17(18)13-24-20(28)15-30-22-26-25-21(29-22)16-9-11-19(23)12-10-16/h5-12H,3-4,13-15H2,1-2H3,(H,24,28). The predicted molar refractivity (Wildman–Crippen MR) is 120 cm³/mol. The Morgan fingerprint density at radius 3 is 2.47 bits per heavy atom. The molecule has 1 heterocycles. The molecule has 0 spiro atoms. The van der Waals surface area contributed by atoms with Crippen LogP contribution in [0, 0.1) is 0 Å². The molecule has 0 bridgehead atoms. The van der Waals surface area contributed by atoms with Gasteiger partial charge in [0.15, 0.2) is 0 Å². The molecule has 0 aliphatic rings. The first-order valence-electron chi connectivity index (χ1n) is 9.87. The Hall–Kier alpha value is -2.35. The number of carbonyl (C=O) groups excluding carboxylic acids is 1. The van der Waals surface area contributed by atoms with Crippen LogP contribution < -0.4 is 5.32 Å². The highest BCUT2D eigenvalue weighted by Crippen LogP contribution is 2.24. The van der Waals surface area contributed by atoms with E-state index >= 15 is 0 Å². The van der Waals surface area contributed by atoms with E-state index in [1.54, 1.807) is 12.1 Å². The number of hydrogen-bond acceptors (Lipinski definition) is 6. The van der Waals surface area contributed by atoms with E-state index in [4.69, 9.17) is 16.0 Å². The molecule has 0 aliphatic carbocycles. The lowest BCUT2D eigenvalue weighted by molar-refractivity contribution is -0.118. The molecule has 6 nitrogen and oxygen atoms in total. The third-order valence-corrected chi connectivity index (χ3v) is 5.78. The topological polar surface area (TPSA) is 71.3 Å². The molecule has 0 radical (unpaired) electrons. The second-order valence-electron chi connectivity index (χ2n) is 6.68. The summed E-state index contributed by atoms with van der Waals surface area (Å²) in [5, 5.41) is 12.0. The molecule has 1 N–H and O–H groups in total. The van der Waals surface area contributed by atoms with Crippen LogP contribution in [0.1, 0.15) is 25.0 Å². The van der Waals surface area contributed by atoms with Crippen molar-refractivity contribution < 1.29 is 9.21 Å². The molecule has 0 unspecified atom stereocenters. The zero-order chi connectivity index (χ0) is 21.3. The summed E-state index contributed by atoms with van der Waals surface area (Å²) in [5.41, 5.74) is 3.15. The zero-order valence-electron chi connectivity index (χ0n) is 17.1. The zero-order valence-corrected chi connectivity index (χ0v) is 18.7. The molecular weight excluding hydrogens is 420 g/mol. The Labute approximate surface area is 186 Å². The Morgan fingerprint density at radius 1 is 1.07 bits per heavy atom. The molecule has 30 heavy (non-hydrogen) atoms. The number of nitrogens with one attached hydrogen (secondary N) is 1. The van der Waals surface area contributed by atoms with Crippen LogP contribution in [-0.4, -0.2) is 39.8 Å². The number of amides is 1. The average Bonchev–Trinajstić information content (AvgIpc) is 3.24. The average molecular weight is 445 g/mol. The summed E-state index contributed by atoms with van der Waals surface area (Å²) in [5.74, 6) is 0.532. The van der Waals surface area contributed by atoms with Gasteiger partial charge in [-0.1, -0.05) is 61.5 Å². The van der Waals surface area contributed by atoms with E-state index in [9.17, 15) is 4.79 Å². The van der Waals surface area contributed by atoms with Crippen LogP contribution >= 0.6 is 23.4 Å². The fourth-order valence-corrected chi connectivity index (χ4v) is 3.64. The van der Waals surface area contributed by atoms with Crippen LogP contribution in [0.2, 0.25) is 5.02 Å². The van der Waals surface area contributed by atoms with Gasteiger partial charge in [0.2, 0.25) is 11.8 Å². The Bertz CT molecular complexity index is 958. The summed E-state index contributed by atoms with van der Waals surface area (Å²) >= 11 is 7.11. The van der Waals surface area contributed by atoms with Gasteiger partial charge in [0.25, 0.3) is 5.22 Å². The summed E-state index contributed by atoms with van der Waals surface area (Å²) in [6, 6.07) is 15.4. The van der Waals surface area contributed by atoms with Crippen molar-refractivity contribution in [2.24, 2.45) is 0 Å². The summed E-state index contributed by atoms with van der Waals surface area (Å²) in [6.45, 7) is 7.67. The van der Waals surface area contributed by atoms with Gasteiger partial charge in [0, 0.05) is 23.7 Å². The lowest BCUT2D eigenvalue weighted by Gasteiger charge is -2.20. The maximum atomic E-state index is 12.3. The molecule has 0 fully saturated rings. The van der Waals surface area contributed by atoms with Gasteiger partial charge < -0.3 is 9.73 Å². The van der Waals surface area contributed by atoms with Gasteiger partial charge in [-0.25, -0.2) is 0 Å². The van der Waals surface area contributed by atoms with E-state index in [0.29, 0.717) is 22.7 Å². The van der Waals surface area contributed by atoms with Gasteiger partial charge in [0.1, 0.15) is 0 Å². The maximum Gasteiger partial charge on any atom is 0.277 e. The van der Waals surface area contributed by atoms with E-state index < -0.39 is 0 Å². The smallest absolute Gasteiger partial charge is 0.277 e. The number of aromatic nitrogens is 2. The van der Waals surface area contributed by atoms with Crippen molar-refractivity contribution in [2.45, 2.75) is 32.2 Å². The third-order valence-electron chi connectivity index (χ3n) is 4.71. The van der Waals surface area contributed by atoms with Gasteiger partial charge in [-0.3, -0.25) is 9.69 Å². The number of nitrogens with zero attached hydrogens (tertiary/aromatic N) is 3. The van der Waals surface area contributed by atoms with Crippen molar-refractivity contribution in [2.75, 3.05) is 18.8 Å². The van der Waals surface area contributed by atoms with Gasteiger partial charge in [-0.15, -0.1) is 10.2 Å². The van der Waals surface area contributed by atoms with Crippen molar-refractivity contribution in [1.29, 1.82) is 0 Å². The highest BCUT2D eigenvalue weighted by molar-refractivity contribution is 7.99. The van der Waals surface area contributed by atoms with Crippen LogP contribution in [-0.2, 0) is 17.9 Å². The Kier molecular flexibility index (Phi) is 8.30. The first-order valence-corrected chi connectivity index (χ1v) is 11.2. The molecule has 0 saturated carbocycles. The minimum atomic E-state index is -0.0797. The van der Waals surface area contributed by atoms with Gasteiger partial charge >= 0.3 is 0 Å². The molecule has 158 valence electrons. The van der Waals surface area contributed by atoms with E-state index in [1.807, 2.05) is 24.3 Å². The van der Waals surface area contributed by atoms with Crippen molar-refractivity contribution in [3.63, 3.8) is 0 Å². The van der Waals surface area contributed by atoms with Gasteiger partial charge in [0.05, 0.1) is 5.75 Å². The van der Waals surface area contributed by atoms with Crippen molar-refractivity contribution in [3.8, 4) is 11.5 Å². The molecule has 1 aromatic heterocycles. The van der Waals surface area contributed by atoms with E-state index in [0.717, 1.165) is 30.8 Å². The molecule has 0 saturated heterocycles. The predicted octanol–water partition coefficient (Wildman–Crippen LogP) is 4.64. The number of benzene rings is 2. The fourth-order valence-electron chi connectivity index (χ4n) is 2.92. The maximum absolute atomic E-state index is 12.3. The first kappa shape index (κ1) is 22.3. The molecule has 2 aromatic carbocycles. The van der Waals surface area contributed by atoms with Crippen molar-refractivity contribution in [1.82, 2.24) is 20.4 Å². The summed E-state index contributed by atoms with van der Waals surface area (Å²) in [7, 11) is 0. The second kappa shape index (κ2) is 11.2. The van der Waals surface area contributed by atoms with Crippen LogP contribution in [0.15, 0.2) is 58.2 Å². The number of hydrogen-bond donors (Lipinski definition) is 1. The molecule has 1 amide bonds. The number of thioether (sulfide) groups is 1. The minimum Gasteiger partial charge on any atom is -0.411 e. The second-order valence-corrected chi connectivity index (χ2v) is 8.04. The summed E-state index contributed by atoms with van der Waals surface area (Å²) in [6.07, 6.45) is 0. The third kappa shape index (κ3) is 6.32. The van der Waals surface area contributed by atoms with Crippen molar-refractivity contribution in [3.05, 3.63) is 64.7 Å². The summed E-state index contributed by atoms with van der Waals surface area (Å²) in [4.78, 5) is 14.7. The molecule has 3 rings (SSSR count). The highest BCUT2D eigenvalue weighted by atomic mass is 35.5. The fraction of sp³-hybridized carbons (Fsp3) is 0.318. The van der Waals surface area contributed by atoms with Gasteiger partial charge in [-0.05, 0) is 48.5 Å². The largest absolute Gasteiger partial charge is 0.411 e. The van der Waals surface area contributed by atoms with E-state index in [-0.39, 0.29) is 11.7 Å². The number of rotatable bonds is 10. The highest BCUT2D eigenvalue weighted by Gasteiger charge is 2.12. The molecule has 3 aromatic rings. The minimum absolute atomic E-state index is 0.0797. The number of halogens is 1. The molecular formula is C22H25ClN4O2S. The SMILES string of the molecule is CCN(CC)Cc1ccccc1CNC(=O)CSc1nnc(-c2ccc(Cl)cc2)o1. The van der Waals surface area contributed by atoms with Crippen LogP contribution in [0.3, 0.4) is 0 Å². The van der Waals surface area contributed by atoms with Crippen LogP contribution in [0.5, 0.6) is 0 Å².